The zero-order valence-corrected chi connectivity index (χ0v) is 9.67. The second kappa shape index (κ2) is 5.03. The van der Waals surface area contributed by atoms with Crippen LogP contribution in [0.4, 0.5) is 0 Å². The van der Waals surface area contributed by atoms with E-state index in [-0.39, 0.29) is 6.10 Å². The lowest BCUT2D eigenvalue weighted by Crippen LogP contribution is -2.12. The molecule has 0 fully saturated rings. The van der Waals surface area contributed by atoms with Crippen LogP contribution in [0.25, 0.3) is 0 Å². The first kappa shape index (κ1) is 11.9. The van der Waals surface area contributed by atoms with E-state index in [2.05, 4.69) is 0 Å². The molecule has 0 aliphatic heterocycles. The molecule has 0 saturated heterocycles. The van der Waals surface area contributed by atoms with E-state index in [1.54, 1.807) is 32.0 Å². The van der Waals surface area contributed by atoms with Crippen LogP contribution in [0.5, 0.6) is 5.75 Å². The smallest absolute Gasteiger partial charge is 0.342 e. The van der Waals surface area contributed by atoms with Crippen LogP contribution in [0.1, 0.15) is 24.2 Å². The van der Waals surface area contributed by atoms with Gasteiger partial charge in [0.15, 0.2) is 0 Å². The Morgan fingerprint density at radius 1 is 1.40 bits per heavy atom. The van der Waals surface area contributed by atoms with Crippen molar-refractivity contribution < 1.29 is 14.3 Å². The summed E-state index contributed by atoms with van der Waals surface area (Å²) in [5.41, 5.74) is 0.385. The number of hydrogen-bond acceptors (Lipinski definition) is 3. The Bertz CT molecular complexity index is 361. The third kappa shape index (κ3) is 3.13. The van der Waals surface area contributed by atoms with E-state index >= 15 is 0 Å². The number of esters is 1. The van der Waals surface area contributed by atoms with E-state index in [9.17, 15) is 4.79 Å². The van der Waals surface area contributed by atoms with Gasteiger partial charge in [0, 0.05) is 5.02 Å². The minimum atomic E-state index is -0.404. The van der Waals surface area contributed by atoms with Gasteiger partial charge in [-0.2, -0.15) is 0 Å². The molecule has 0 N–H and O–H groups in total. The van der Waals surface area contributed by atoms with Crippen molar-refractivity contribution in [1.29, 1.82) is 0 Å². The van der Waals surface area contributed by atoms with Gasteiger partial charge in [0.2, 0.25) is 0 Å². The monoisotopic (exact) mass is 228 g/mol. The molecule has 0 spiro atoms. The van der Waals surface area contributed by atoms with E-state index in [1.807, 2.05) is 0 Å². The summed E-state index contributed by atoms with van der Waals surface area (Å²) in [6, 6.07) is 4.80. The Balaban J connectivity index is 2.97. The highest BCUT2D eigenvalue weighted by Gasteiger charge is 2.14. The summed E-state index contributed by atoms with van der Waals surface area (Å²) < 4.78 is 10.1. The minimum Gasteiger partial charge on any atom is -0.496 e. The van der Waals surface area contributed by atoms with Gasteiger partial charge < -0.3 is 9.47 Å². The van der Waals surface area contributed by atoms with Gasteiger partial charge in [-0.1, -0.05) is 11.6 Å². The quantitative estimate of drug-likeness (QED) is 0.747. The highest BCUT2D eigenvalue weighted by molar-refractivity contribution is 6.30. The molecule has 0 atom stereocenters. The lowest BCUT2D eigenvalue weighted by molar-refractivity contribution is 0.0374. The van der Waals surface area contributed by atoms with E-state index in [0.29, 0.717) is 16.3 Å². The summed E-state index contributed by atoms with van der Waals surface area (Å²) in [7, 11) is 1.48. The van der Waals surface area contributed by atoms with Gasteiger partial charge in [-0.3, -0.25) is 0 Å². The van der Waals surface area contributed by atoms with Crippen LogP contribution in [0, 0.1) is 0 Å². The highest BCUT2D eigenvalue weighted by atomic mass is 35.5. The molecule has 0 amide bonds. The first-order chi connectivity index (χ1) is 7.04. The van der Waals surface area contributed by atoms with E-state index in [0.717, 1.165) is 0 Å². The predicted octanol–water partition coefficient (Wildman–Crippen LogP) is 2.91. The first-order valence-electron chi connectivity index (χ1n) is 4.59. The molecule has 0 aliphatic carbocycles. The van der Waals surface area contributed by atoms with Crippen LogP contribution < -0.4 is 4.74 Å². The van der Waals surface area contributed by atoms with E-state index in [4.69, 9.17) is 21.1 Å². The molecule has 1 rings (SSSR count). The molecule has 15 heavy (non-hydrogen) atoms. The molecule has 0 heterocycles. The lowest BCUT2D eigenvalue weighted by atomic mass is 10.2. The second-order valence-corrected chi connectivity index (χ2v) is 3.74. The van der Waals surface area contributed by atoms with Gasteiger partial charge in [0.05, 0.1) is 13.2 Å². The van der Waals surface area contributed by atoms with Gasteiger partial charge in [-0.15, -0.1) is 0 Å². The number of carbonyl (C=O) groups excluding carboxylic acids is 1. The molecule has 3 nitrogen and oxygen atoms in total. The molecular weight excluding hydrogens is 216 g/mol. The number of rotatable bonds is 3. The molecule has 0 aliphatic rings. The summed E-state index contributed by atoms with van der Waals surface area (Å²) in [5.74, 6) is 0.0201. The van der Waals surface area contributed by atoms with Crippen molar-refractivity contribution in [2.75, 3.05) is 7.11 Å². The standard InChI is InChI=1S/C11H13ClO3/c1-7(2)15-11(13)9-5-4-8(12)6-10(9)14-3/h4-7H,1-3H3. The van der Waals surface area contributed by atoms with Gasteiger partial charge in [0.1, 0.15) is 11.3 Å². The molecule has 1 aromatic rings. The van der Waals surface area contributed by atoms with Crippen molar-refractivity contribution in [3.63, 3.8) is 0 Å². The average Bonchev–Trinajstić information content (AvgIpc) is 2.16. The summed E-state index contributed by atoms with van der Waals surface area (Å²) in [6.07, 6.45) is -0.155. The van der Waals surface area contributed by atoms with Crippen LogP contribution in [0.15, 0.2) is 18.2 Å². The third-order valence-electron chi connectivity index (χ3n) is 1.73. The molecule has 0 aromatic heterocycles. The van der Waals surface area contributed by atoms with E-state index in [1.165, 1.54) is 7.11 Å². The summed E-state index contributed by atoms with van der Waals surface area (Å²) in [5, 5.41) is 0.521. The molecule has 0 bridgehead atoms. The Hall–Kier alpha value is -1.22. The van der Waals surface area contributed by atoms with Gasteiger partial charge in [-0.05, 0) is 32.0 Å². The van der Waals surface area contributed by atoms with Gasteiger partial charge >= 0.3 is 5.97 Å². The Morgan fingerprint density at radius 3 is 2.60 bits per heavy atom. The number of ether oxygens (including phenoxy) is 2. The second-order valence-electron chi connectivity index (χ2n) is 3.30. The normalized spacial score (nSPS) is 10.2. The largest absolute Gasteiger partial charge is 0.496 e. The molecule has 0 saturated carbocycles. The summed E-state index contributed by atoms with van der Waals surface area (Å²) in [6.45, 7) is 3.58. The molecule has 82 valence electrons. The Morgan fingerprint density at radius 2 is 2.07 bits per heavy atom. The van der Waals surface area contributed by atoms with Crippen molar-refractivity contribution in [1.82, 2.24) is 0 Å². The van der Waals surface area contributed by atoms with Crippen molar-refractivity contribution in [3.05, 3.63) is 28.8 Å². The SMILES string of the molecule is COc1cc(Cl)ccc1C(=O)OC(C)C. The first-order valence-corrected chi connectivity index (χ1v) is 4.97. The predicted molar refractivity (Wildman–Crippen MR) is 58.6 cm³/mol. The number of halogens is 1. The lowest BCUT2D eigenvalue weighted by Gasteiger charge is -2.10. The number of hydrogen-bond donors (Lipinski definition) is 0. The molecular formula is C11H13ClO3. The maximum Gasteiger partial charge on any atom is 0.342 e. The maximum atomic E-state index is 11.6. The van der Waals surface area contributed by atoms with Crippen molar-refractivity contribution in [2.24, 2.45) is 0 Å². The van der Waals surface area contributed by atoms with Gasteiger partial charge in [0.25, 0.3) is 0 Å². The topological polar surface area (TPSA) is 35.5 Å². The molecule has 0 unspecified atom stereocenters. The highest BCUT2D eigenvalue weighted by Crippen LogP contribution is 2.24. The Labute approximate surface area is 93.9 Å². The fraction of sp³-hybridized carbons (Fsp3) is 0.364. The fourth-order valence-corrected chi connectivity index (χ4v) is 1.27. The van der Waals surface area contributed by atoms with Crippen LogP contribution in [0.3, 0.4) is 0 Å². The summed E-state index contributed by atoms with van der Waals surface area (Å²) >= 11 is 5.77. The third-order valence-corrected chi connectivity index (χ3v) is 1.96. The van der Waals surface area contributed by atoms with Crippen molar-refractivity contribution in [3.8, 4) is 5.75 Å². The summed E-state index contributed by atoms with van der Waals surface area (Å²) in [4.78, 5) is 11.6. The number of methoxy groups -OCH3 is 1. The fourth-order valence-electron chi connectivity index (χ4n) is 1.11. The molecule has 1 aromatic carbocycles. The molecule has 4 heteroatoms. The molecule has 0 radical (unpaired) electrons. The van der Waals surface area contributed by atoms with E-state index < -0.39 is 5.97 Å². The van der Waals surface area contributed by atoms with Crippen molar-refractivity contribution in [2.45, 2.75) is 20.0 Å². The Kier molecular flexibility index (Phi) is 3.97. The average molecular weight is 229 g/mol. The number of carbonyl (C=O) groups is 1. The minimum absolute atomic E-state index is 0.155. The number of benzene rings is 1. The van der Waals surface area contributed by atoms with Crippen LogP contribution in [-0.4, -0.2) is 19.2 Å². The van der Waals surface area contributed by atoms with Crippen LogP contribution in [-0.2, 0) is 4.74 Å². The van der Waals surface area contributed by atoms with Gasteiger partial charge in [-0.25, -0.2) is 4.79 Å². The van der Waals surface area contributed by atoms with Crippen LogP contribution >= 0.6 is 11.6 Å². The maximum absolute atomic E-state index is 11.6. The zero-order chi connectivity index (χ0) is 11.4. The van der Waals surface area contributed by atoms with Crippen LogP contribution in [0.2, 0.25) is 5.02 Å². The van der Waals surface area contributed by atoms with Crippen molar-refractivity contribution >= 4 is 17.6 Å². The zero-order valence-electron chi connectivity index (χ0n) is 8.91.